The predicted molar refractivity (Wildman–Crippen MR) is 110 cm³/mol. The minimum absolute atomic E-state index is 0.272. The highest BCUT2D eigenvalue weighted by Gasteiger charge is 2.17. The van der Waals surface area contributed by atoms with Crippen molar-refractivity contribution >= 4 is 34.4 Å². The average Bonchev–Trinajstić information content (AvgIpc) is 3.10. The summed E-state index contributed by atoms with van der Waals surface area (Å²) < 4.78 is 5.25. The van der Waals surface area contributed by atoms with Crippen LogP contribution in [0.25, 0.3) is 10.9 Å². The van der Waals surface area contributed by atoms with E-state index >= 15 is 0 Å². The number of carbonyl (C=O) groups excluding carboxylic acids is 2. The molecule has 0 saturated carbocycles. The van der Waals surface area contributed by atoms with Gasteiger partial charge in [0, 0.05) is 35.1 Å². The molecule has 0 aliphatic rings. The number of hydrogen-bond acceptors (Lipinski definition) is 3. The Hall–Kier alpha value is -2.79. The molecule has 0 bridgehead atoms. The van der Waals surface area contributed by atoms with E-state index in [4.69, 9.17) is 16.3 Å². The summed E-state index contributed by atoms with van der Waals surface area (Å²) in [6.07, 6.45) is 2.86. The van der Waals surface area contributed by atoms with Crippen molar-refractivity contribution in [2.45, 2.75) is 38.8 Å². The second-order valence-corrected chi connectivity index (χ2v) is 7.13. The highest BCUT2D eigenvalue weighted by atomic mass is 35.5. The minimum atomic E-state index is -0.826. The third-order valence-corrected chi connectivity index (χ3v) is 4.81. The number of ether oxygens (including phenoxy) is 1. The molecular weight excluding hydrogens is 376 g/mol. The van der Waals surface area contributed by atoms with Gasteiger partial charge < -0.3 is 15.0 Å². The molecule has 3 rings (SSSR count). The zero-order valence-electron chi connectivity index (χ0n) is 15.7. The molecule has 1 atom stereocenters. The van der Waals surface area contributed by atoms with E-state index in [1.807, 2.05) is 36.5 Å². The molecule has 0 radical (unpaired) electrons. The first-order valence-electron chi connectivity index (χ1n) is 9.29. The Balaban J connectivity index is 1.39. The standard InChI is InChI=1S/C22H23ClN2O3/c1-15(22(27)25-13-16-9-11-18(23)12-10-16)28-21(26)8-4-5-17-14-24-20-7-3-2-6-19(17)20/h2-3,6-7,9-12,14-15,24H,4-5,8,13H2,1H3,(H,25,27). The van der Waals surface area contributed by atoms with Crippen molar-refractivity contribution in [3.05, 3.63) is 70.9 Å². The number of para-hydroxylation sites is 1. The van der Waals surface area contributed by atoms with Crippen LogP contribution in [0.2, 0.25) is 5.02 Å². The van der Waals surface area contributed by atoms with Crippen LogP contribution in [-0.2, 0) is 27.3 Å². The number of nitrogens with one attached hydrogen (secondary N) is 2. The van der Waals surface area contributed by atoms with Crippen LogP contribution in [0.15, 0.2) is 54.7 Å². The van der Waals surface area contributed by atoms with Crippen LogP contribution >= 0.6 is 11.6 Å². The van der Waals surface area contributed by atoms with Gasteiger partial charge in [-0.2, -0.15) is 0 Å². The zero-order chi connectivity index (χ0) is 19.9. The largest absolute Gasteiger partial charge is 0.453 e. The molecule has 5 nitrogen and oxygen atoms in total. The topological polar surface area (TPSA) is 71.2 Å². The Labute approximate surface area is 169 Å². The normalized spacial score (nSPS) is 11.9. The Bertz CT molecular complexity index is 950. The molecule has 0 aliphatic heterocycles. The number of amides is 1. The summed E-state index contributed by atoms with van der Waals surface area (Å²) in [5.74, 6) is -0.686. The number of benzene rings is 2. The smallest absolute Gasteiger partial charge is 0.306 e. The number of esters is 1. The van der Waals surface area contributed by atoms with Crippen molar-refractivity contribution in [3.8, 4) is 0 Å². The van der Waals surface area contributed by atoms with Crippen molar-refractivity contribution in [2.75, 3.05) is 0 Å². The van der Waals surface area contributed by atoms with Crippen LogP contribution in [0, 0.1) is 0 Å². The first-order valence-corrected chi connectivity index (χ1v) is 9.67. The van der Waals surface area contributed by atoms with Gasteiger partial charge in [0.25, 0.3) is 5.91 Å². The van der Waals surface area contributed by atoms with E-state index in [1.54, 1.807) is 19.1 Å². The fraction of sp³-hybridized carbons (Fsp3) is 0.273. The molecule has 1 heterocycles. The van der Waals surface area contributed by atoms with Gasteiger partial charge >= 0.3 is 5.97 Å². The maximum atomic E-state index is 12.1. The lowest BCUT2D eigenvalue weighted by Gasteiger charge is -2.13. The van der Waals surface area contributed by atoms with Crippen LogP contribution in [0.5, 0.6) is 0 Å². The SMILES string of the molecule is CC(OC(=O)CCCc1c[nH]c2ccccc12)C(=O)NCc1ccc(Cl)cc1. The van der Waals surface area contributed by atoms with Gasteiger partial charge in [-0.25, -0.2) is 0 Å². The quantitative estimate of drug-likeness (QED) is 0.553. The van der Waals surface area contributed by atoms with Crippen molar-refractivity contribution in [1.29, 1.82) is 0 Å². The van der Waals surface area contributed by atoms with Crippen molar-refractivity contribution in [2.24, 2.45) is 0 Å². The summed E-state index contributed by atoms with van der Waals surface area (Å²) in [4.78, 5) is 27.4. The third kappa shape index (κ3) is 5.36. The second kappa shape index (κ2) is 9.42. The van der Waals surface area contributed by atoms with E-state index in [0.717, 1.165) is 17.5 Å². The molecule has 2 aromatic carbocycles. The highest BCUT2D eigenvalue weighted by molar-refractivity contribution is 6.30. The number of aryl methyl sites for hydroxylation is 1. The number of halogens is 1. The fourth-order valence-electron chi connectivity index (χ4n) is 3.01. The molecule has 1 aromatic heterocycles. The van der Waals surface area contributed by atoms with E-state index in [0.29, 0.717) is 18.0 Å². The molecule has 0 saturated heterocycles. The molecular formula is C22H23ClN2O3. The Morgan fingerprint density at radius 2 is 1.89 bits per heavy atom. The lowest BCUT2D eigenvalue weighted by Crippen LogP contribution is -2.35. The first-order chi connectivity index (χ1) is 13.5. The molecule has 28 heavy (non-hydrogen) atoms. The number of rotatable bonds is 8. The molecule has 0 fully saturated rings. The van der Waals surface area contributed by atoms with E-state index in [9.17, 15) is 9.59 Å². The van der Waals surface area contributed by atoms with Crippen LogP contribution < -0.4 is 5.32 Å². The number of carbonyl (C=O) groups is 2. The van der Waals surface area contributed by atoms with Gasteiger partial charge in [-0.1, -0.05) is 41.9 Å². The molecule has 6 heteroatoms. The van der Waals surface area contributed by atoms with Crippen LogP contribution in [0.3, 0.4) is 0 Å². The monoisotopic (exact) mass is 398 g/mol. The lowest BCUT2D eigenvalue weighted by molar-refractivity contribution is -0.154. The van der Waals surface area contributed by atoms with Crippen molar-refractivity contribution in [3.63, 3.8) is 0 Å². The summed E-state index contributed by atoms with van der Waals surface area (Å²) in [6, 6.07) is 15.3. The average molecular weight is 399 g/mol. The molecule has 0 aliphatic carbocycles. The Morgan fingerprint density at radius 1 is 1.14 bits per heavy atom. The van der Waals surface area contributed by atoms with Crippen molar-refractivity contribution in [1.82, 2.24) is 10.3 Å². The summed E-state index contributed by atoms with van der Waals surface area (Å²) in [5, 5.41) is 4.57. The maximum Gasteiger partial charge on any atom is 0.306 e. The number of aromatic nitrogens is 1. The number of aromatic amines is 1. The van der Waals surface area contributed by atoms with Gasteiger partial charge in [0.15, 0.2) is 6.10 Å². The number of hydrogen-bond donors (Lipinski definition) is 2. The first kappa shape index (κ1) is 20.0. The van der Waals surface area contributed by atoms with E-state index in [2.05, 4.69) is 16.4 Å². The third-order valence-electron chi connectivity index (χ3n) is 4.56. The van der Waals surface area contributed by atoms with E-state index < -0.39 is 6.10 Å². The van der Waals surface area contributed by atoms with Gasteiger partial charge in [0.2, 0.25) is 0 Å². The van der Waals surface area contributed by atoms with Gasteiger partial charge in [0.05, 0.1) is 0 Å². The predicted octanol–water partition coefficient (Wildman–Crippen LogP) is 4.39. The molecule has 3 aromatic rings. The fourth-order valence-corrected chi connectivity index (χ4v) is 3.13. The molecule has 146 valence electrons. The number of fused-ring (bicyclic) bond motifs is 1. The van der Waals surface area contributed by atoms with E-state index in [1.165, 1.54) is 10.9 Å². The number of H-pyrrole nitrogens is 1. The van der Waals surface area contributed by atoms with Gasteiger partial charge in [-0.3, -0.25) is 9.59 Å². The van der Waals surface area contributed by atoms with Crippen LogP contribution in [0.4, 0.5) is 0 Å². The summed E-state index contributed by atoms with van der Waals surface area (Å²) in [5.41, 5.74) is 3.19. The van der Waals surface area contributed by atoms with Crippen molar-refractivity contribution < 1.29 is 14.3 Å². The highest BCUT2D eigenvalue weighted by Crippen LogP contribution is 2.19. The summed E-state index contributed by atoms with van der Waals surface area (Å²) in [7, 11) is 0. The summed E-state index contributed by atoms with van der Waals surface area (Å²) >= 11 is 5.84. The zero-order valence-corrected chi connectivity index (χ0v) is 16.5. The van der Waals surface area contributed by atoms with Gasteiger partial charge in [0.1, 0.15) is 0 Å². The van der Waals surface area contributed by atoms with Gasteiger partial charge in [-0.15, -0.1) is 0 Å². The van der Waals surface area contributed by atoms with Crippen LogP contribution in [0.1, 0.15) is 30.9 Å². The molecule has 1 amide bonds. The molecule has 1 unspecified atom stereocenters. The molecule has 2 N–H and O–H groups in total. The van der Waals surface area contributed by atoms with E-state index in [-0.39, 0.29) is 18.3 Å². The minimum Gasteiger partial charge on any atom is -0.453 e. The van der Waals surface area contributed by atoms with Crippen LogP contribution in [-0.4, -0.2) is 23.0 Å². The Morgan fingerprint density at radius 3 is 2.68 bits per heavy atom. The second-order valence-electron chi connectivity index (χ2n) is 6.69. The van der Waals surface area contributed by atoms with Gasteiger partial charge in [-0.05, 0) is 49.1 Å². The molecule has 0 spiro atoms. The summed E-state index contributed by atoms with van der Waals surface area (Å²) in [6.45, 7) is 1.94. The maximum absolute atomic E-state index is 12.1. The lowest BCUT2D eigenvalue weighted by atomic mass is 10.1. The Kier molecular flexibility index (Phi) is 6.71.